The molecule has 2 N–H and O–H groups in total. The van der Waals surface area contributed by atoms with Crippen molar-refractivity contribution < 1.29 is 9.53 Å². The second-order valence-corrected chi connectivity index (χ2v) is 7.30. The van der Waals surface area contributed by atoms with Gasteiger partial charge in [-0.25, -0.2) is 4.79 Å². The van der Waals surface area contributed by atoms with E-state index in [1.54, 1.807) is 4.90 Å². The molecular weight excluding hydrogens is 292 g/mol. The number of hydrogen-bond donors (Lipinski definition) is 2. The predicted molar refractivity (Wildman–Crippen MR) is 94.8 cm³/mol. The highest BCUT2D eigenvalue weighted by molar-refractivity contribution is 5.80. The fourth-order valence-corrected chi connectivity index (χ4v) is 2.65. The lowest BCUT2D eigenvalue weighted by Crippen LogP contribution is -2.49. The number of carbonyl (C=O) groups excluding carboxylic acids is 1. The summed E-state index contributed by atoms with van der Waals surface area (Å²) < 4.78 is 4.77. The van der Waals surface area contributed by atoms with Gasteiger partial charge in [-0.1, -0.05) is 20.8 Å². The van der Waals surface area contributed by atoms with Crippen molar-refractivity contribution in [2.45, 2.75) is 59.4 Å². The van der Waals surface area contributed by atoms with Crippen LogP contribution in [0.2, 0.25) is 0 Å². The molecule has 1 rings (SSSR count). The van der Waals surface area contributed by atoms with E-state index in [0.717, 1.165) is 51.4 Å². The first-order chi connectivity index (χ1) is 10.9. The van der Waals surface area contributed by atoms with Crippen molar-refractivity contribution in [3.05, 3.63) is 0 Å². The summed E-state index contributed by atoms with van der Waals surface area (Å²) in [5.41, 5.74) is 0.363. The van der Waals surface area contributed by atoms with Crippen LogP contribution in [0.1, 0.15) is 53.4 Å². The maximum Gasteiger partial charge on any atom is 0.409 e. The highest BCUT2D eigenvalue weighted by Gasteiger charge is 2.23. The Bertz CT molecular complexity index is 383. The third kappa shape index (κ3) is 8.09. The topological polar surface area (TPSA) is 66.0 Å². The van der Waals surface area contributed by atoms with E-state index in [-0.39, 0.29) is 6.09 Å². The van der Waals surface area contributed by atoms with E-state index in [9.17, 15) is 4.79 Å². The smallest absolute Gasteiger partial charge is 0.409 e. The van der Waals surface area contributed by atoms with Crippen molar-refractivity contribution in [3.8, 4) is 0 Å². The zero-order valence-electron chi connectivity index (χ0n) is 15.4. The van der Waals surface area contributed by atoms with Gasteiger partial charge >= 0.3 is 6.09 Å². The number of rotatable bonds is 5. The van der Waals surface area contributed by atoms with Crippen LogP contribution in [0, 0.1) is 5.41 Å². The molecule has 0 spiro atoms. The van der Waals surface area contributed by atoms with E-state index in [1.807, 2.05) is 0 Å². The van der Waals surface area contributed by atoms with Crippen molar-refractivity contribution in [3.63, 3.8) is 0 Å². The number of aliphatic imine (C=N–C) groups is 1. The molecule has 0 unspecified atom stereocenters. The molecule has 0 aromatic rings. The van der Waals surface area contributed by atoms with Crippen molar-refractivity contribution in [2.75, 3.05) is 33.3 Å². The molecular formula is C17H34N4O2. The van der Waals surface area contributed by atoms with Gasteiger partial charge in [-0.2, -0.15) is 0 Å². The van der Waals surface area contributed by atoms with Crippen molar-refractivity contribution in [2.24, 2.45) is 10.4 Å². The Kier molecular flexibility index (Phi) is 8.20. The molecule has 0 aromatic carbocycles. The highest BCUT2D eigenvalue weighted by atomic mass is 16.5. The molecule has 1 amide bonds. The number of ether oxygens (including phenoxy) is 1. The van der Waals surface area contributed by atoms with E-state index in [1.165, 1.54) is 13.5 Å². The number of guanidine groups is 1. The summed E-state index contributed by atoms with van der Waals surface area (Å²) in [5, 5.41) is 6.80. The van der Waals surface area contributed by atoms with E-state index in [0.29, 0.717) is 11.5 Å². The van der Waals surface area contributed by atoms with Gasteiger partial charge in [0.25, 0.3) is 0 Å². The SMILES string of the molecule is CCNC(=NCCCC(C)(C)C)NC1CCN(C(=O)OC)CC1. The van der Waals surface area contributed by atoms with Crippen molar-refractivity contribution in [1.82, 2.24) is 15.5 Å². The van der Waals surface area contributed by atoms with Crippen LogP contribution in [0.5, 0.6) is 0 Å². The van der Waals surface area contributed by atoms with E-state index in [4.69, 9.17) is 4.74 Å². The summed E-state index contributed by atoms with van der Waals surface area (Å²) in [6.45, 7) is 12.0. The maximum absolute atomic E-state index is 11.5. The van der Waals surface area contributed by atoms with Gasteiger partial charge in [0.2, 0.25) is 0 Å². The van der Waals surface area contributed by atoms with E-state index >= 15 is 0 Å². The van der Waals surface area contributed by atoms with E-state index in [2.05, 4.69) is 43.3 Å². The lowest BCUT2D eigenvalue weighted by Gasteiger charge is -2.32. The Morgan fingerprint density at radius 1 is 1.30 bits per heavy atom. The molecule has 0 radical (unpaired) electrons. The molecule has 134 valence electrons. The number of nitrogens with zero attached hydrogens (tertiary/aromatic N) is 2. The minimum Gasteiger partial charge on any atom is -0.453 e. The molecule has 1 saturated heterocycles. The lowest BCUT2D eigenvalue weighted by atomic mass is 9.91. The molecule has 1 fully saturated rings. The molecule has 0 saturated carbocycles. The van der Waals surface area contributed by atoms with Gasteiger partial charge in [0.15, 0.2) is 5.96 Å². The number of methoxy groups -OCH3 is 1. The lowest BCUT2D eigenvalue weighted by molar-refractivity contribution is 0.111. The Hall–Kier alpha value is -1.46. The summed E-state index contributed by atoms with van der Waals surface area (Å²) in [4.78, 5) is 17.9. The fourth-order valence-electron chi connectivity index (χ4n) is 2.65. The largest absolute Gasteiger partial charge is 0.453 e. The van der Waals surface area contributed by atoms with Crippen molar-refractivity contribution >= 4 is 12.1 Å². The van der Waals surface area contributed by atoms with Gasteiger partial charge in [0.1, 0.15) is 0 Å². The quantitative estimate of drug-likeness (QED) is 0.463. The Labute approximate surface area is 141 Å². The van der Waals surface area contributed by atoms with Crippen LogP contribution in [0.3, 0.4) is 0 Å². The zero-order valence-corrected chi connectivity index (χ0v) is 15.4. The number of likely N-dealkylation sites (tertiary alicyclic amines) is 1. The maximum atomic E-state index is 11.5. The number of amides is 1. The molecule has 0 atom stereocenters. The predicted octanol–water partition coefficient (Wildman–Crippen LogP) is 2.60. The summed E-state index contributed by atoms with van der Waals surface area (Å²) in [6.07, 6.45) is 3.88. The van der Waals surface area contributed by atoms with Crippen LogP contribution >= 0.6 is 0 Å². The van der Waals surface area contributed by atoms with Crippen LogP contribution in [-0.4, -0.2) is 56.3 Å². The third-order valence-corrected chi connectivity index (χ3v) is 3.97. The molecule has 6 heteroatoms. The molecule has 23 heavy (non-hydrogen) atoms. The van der Waals surface area contributed by atoms with E-state index < -0.39 is 0 Å². The Balaban J connectivity index is 2.39. The first kappa shape index (κ1) is 19.6. The second kappa shape index (κ2) is 9.63. The van der Waals surface area contributed by atoms with Gasteiger partial charge in [0, 0.05) is 32.2 Å². The van der Waals surface area contributed by atoms with Gasteiger partial charge in [-0.3, -0.25) is 4.99 Å². The fraction of sp³-hybridized carbons (Fsp3) is 0.882. The van der Waals surface area contributed by atoms with Crippen LogP contribution in [0.15, 0.2) is 4.99 Å². The number of carbonyl (C=O) groups is 1. The zero-order chi connectivity index (χ0) is 17.3. The second-order valence-electron chi connectivity index (χ2n) is 7.30. The average molecular weight is 326 g/mol. The van der Waals surface area contributed by atoms with Crippen LogP contribution in [0.4, 0.5) is 4.79 Å². The molecule has 1 heterocycles. The molecule has 0 aliphatic carbocycles. The number of nitrogens with one attached hydrogen (secondary N) is 2. The van der Waals surface area contributed by atoms with Crippen LogP contribution < -0.4 is 10.6 Å². The summed E-state index contributed by atoms with van der Waals surface area (Å²) >= 11 is 0. The first-order valence-electron chi connectivity index (χ1n) is 8.73. The Morgan fingerprint density at radius 2 is 1.96 bits per heavy atom. The van der Waals surface area contributed by atoms with Crippen molar-refractivity contribution in [1.29, 1.82) is 0 Å². The summed E-state index contributed by atoms with van der Waals surface area (Å²) in [5.74, 6) is 0.887. The molecule has 1 aliphatic heterocycles. The molecule has 0 aromatic heterocycles. The van der Waals surface area contributed by atoms with Gasteiger partial charge in [-0.15, -0.1) is 0 Å². The average Bonchev–Trinajstić information content (AvgIpc) is 2.50. The standard InChI is InChI=1S/C17H34N4O2/c1-6-18-15(19-11-7-10-17(2,3)4)20-14-8-12-21(13-9-14)16(22)23-5/h14H,6-13H2,1-5H3,(H2,18,19,20). The van der Waals surface area contributed by atoms with Gasteiger partial charge < -0.3 is 20.3 Å². The monoisotopic (exact) mass is 326 g/mol. The third-order valence-electron chi connectivity index (χ3n) is 3.97. The molecule has 1 aliphatic rings. The number of hydrogen-bond acceptors (Lipinski definition) is 3. The first-order valence-corrected chi connectivity index (χ1v) is 8.73. The summed E-state index contributed by atoms with van der Waals surface area (Å²) in [7, 11) is 1.43. The highest BCUT2D eigenvalue weighted by Crippen LogP contribution is 2.20. The molecule has 6 nitrogen and oxygen atoms in total. The van der Waals surface area contributed by atoms with Crippen LogP contribution in [0.25, 0.3) is 0 Å². The minimum atomic E-state index is -0.230. The number of piperidine rings is 1. The molecule has 0 bridgehead atoms. The minimum absolute atomic E-state index is 0.230. The van der Waals surface area contributed by atoms with Gasteiger partial charge in [-0.05, 0) is 38.0 Å². The van der Waals surface area contributed by atoms with Crippen LogP contribution in [-0.2, 0) is 4.74 Å². The Morgan fingerprint density at radius 3 is 2.48 bits per heavy atom. The normalized spacial score (nSPS) is 17.1. The summed E-state index contributed by atoms with van der Waals surface area (Å²) in [6, 6.07) is 0.358. The van der Waals surface area contributed by atoms with Gasteiger partial charge in [0.05, 0.1) is 7.11 Å².